The molecule has 1 saturated heterocycles. The van der Waals surface area contributed by atoms with Gasteiger partial charge in [-0.25, -0.2) is 9.37 Å². The molecule has 0 saturated carbocycles. The van der Waals surface area contributed by atoms with Crippen molar-refractivity contribution in [1.82, 2.24) is 4.98 Å². The zero-order valence-electron chi connectivity index (χ0n) is 10.6. The van der Waals surface area contributed by atoms with Gasteiger partial charge < -0.3 is 10.0 Å². The lowest BCUT2D eigenvalue weighted by molar-refractivity contribution is -0.140. The van der Waals surface area contributed by atoms with Crippen LogP contribution >= 0.6 is 11.3 Å². The van der Waals surface area contributed by atoms with E-state index in [9.17, 15) is 9.18 Å². The summed E-state index contributed by atoms with van der Waals surface area (Å²) in [4.78, 5) is 17.5. The van der Waals surface area contributed by atoms with Gasteiger partial charge >= 0.3 is 5.97 Å². The maximum absolute atomic E-state index is 12.9. The molecule has 0 radical (unpaired) electrons. The van der Waals surface area contributed by atoms with Crippen LogP contribution in [-0.4, -0.2) is 29.1 Å². The molecular formula is C14H13FN2O2S. The van der Waals surface area contributed by atoms with E-state index in [2.05, 4.69) is 4.98 Å². The summed E-state index contributed by atoms with van der Waals surface area (Å²) in [5.74, 6) is -1.33. The highest BCUT2D eigenvalue weighted by atomic mass is 32.1. The quantitative estimate of drug-likeness (QED) is 0.945. The molecule has 0 spiro atoms. The van der Waals surface area contributed by atoms with E-state index in [0.29, 0.717) is 19.5 Å². The van der Waals surface area contributed by atoms with Gasteiger partial charge in [0.15, 0.2) is 5.13 Å². The van der Waals surface area contributed by atoms with Gasteiger partial charge in [0.2, 0.25) is 0 Å². The van der Waals surface area contributed by atoms with Crippen molar-refractivity contribution in [3.8, 4) is 11.3 Å². The molecule has 1 aliphatic heterocycles. The molecule has 1 N–H and O–H groups in total. The van der Waals surface area contributed by atoms with Crippen molar-refractivity contribution in [1.29, 1.82) is 0 Å². The first kappa shape index (κ1) is 13.1. The number of anilines is 1. The van der Waals surface area contributed by atoms with Crippen molar-refractivity contribution < 1.29 is 14.3 Å². The molecule has 0 aliphatic carbocycles. The van der Waals surface area contributed by atoms with Gasteiger partial charge in [0.1, 0.15) is 5.82 Å². The fraction of sp³-hybridized carbons (Fsp3) is 0.286. The monoisotopic (exact) mass is 292 g/mol. The average molecular weight is 292 g/mol. The van der Waals surface area contributed by atoms with E-state index in [-0.39, 0.29) is 11.7 Å². The van der Waals surface area contributed by atoms with Crippen LogP contribution in [0, 0.1) is 11.7 Å². The fourth-order valence-corrected chi connectivity index (χ4v) is 3.17. The Labute approximate surface area is 119 Å². The van der Waals surface area contributed by atoms with Crippen LogP contribution in [0.5, 0.6) is 0 Å². The van der Waals surface area contributed by atoms with Gasteiger partial charge in [-0.05, 0) is 30.7 Å². The highest BCUT2D eigenvalue weighted by Crippen LogP contribution is 2.30. The molecule has 0 amide bonds. The first-order chi connectivity index (χ1) is 9.63. The Kier molecular flexibility index (Phi) is 3.40. The third-order valence-corrected chi connectivity index (χ3v) is 4.34. The van der Waals surface area contributed by atoms with Crippen molar-refractivity contribution in [2.45, 2.75) is 6.42 Å². The third kappa shape index (κ3) is 2.51. The second-order valence-electron chi connectivity index (χ2n) is 4.79. The number of aromatic nitrogens is 1. The predicted molar refractivity (Wildman–Crippen MR) is 75.5 cm³/mol. The summed E-state index contributed by atoms with van der Waals surface area (Å²) in [5, 5.41) is 11.7. The molecule has 1 unspecified atom stereocenters. The van der Waals surface area contributed by atoms with E-state index in [0.717, 1.165) is 16.4 Å². The SMILES string of the molecule is O=C(O)C1CCN(c2nc(-c3ccc(F)cc3)cs2)C1. The van der Waals surface area contributed by atoms with Crippen molar-refractivity contribution >= 4 is 22.4 Å². The van der Waals surface area contributed by atoms with Crippen LogP contribution in [0.4, 0.5) is 9.52 Å². The predicted octanol–water partition coefficient (Wildman–Crippen LogP) is 2.86. The average Bonchev–Trinajstić information content (AvgIpc) is 3.08. The van der Waals surface area contributed by atoms with Crippen LogP contribution < -0.4 is 4.90 Å². The third-order valence-electron chi connectivity index (χ3n) is 3.44. The molecule has 0 bridgehead atoms. The van der Waals surface area contributed by atoms with Gasteiger partial charge in [0, 0.05) is 24.0 Å². The second kappa shape index (κ2) is 5.20. The minimum absolute atomic E-state index is 0.270. The van der Waals surface area contributed by atoms with Gasteiger partial charge in [-0.15, -0.1) is 11.3 Å². The second-order valence-corrected chi connectivity index (χ2v) is 5.63. The molecule has 2 aromatic rings. The molecular weight excluding hydrogens is 279 g/mol. The van der Waals surface area contributed by atoms with Crippen LogP contribution in [-0.2, 0) is 4.79 Å². The summed E-state index contributed by atoms with van der Waals surface area (Å²) in [6, 6.07) is 6.20. The van der Waals surface area contributed by atoms with E-state index in [4.69, 9.17) is 5.11 Å². The lowest BCUT2D eigenvalue weighted by atomic mass is 10.1. The number of hydrogen-bond acceptors (Lipinski definition) is 4. The molecule has 4 nitrogen and oxygen atoms in total. The van der Waals surface area contributed by atoms with Crippen LogP contribution in [0.15, 0.2) is 29.6 Å². The number of nitrogens with zero attached hydrogens (tertiary/aromatic N) is 2. The van der Waals surface area contributed by atoms with Gasteiger partial charge in [0.05, 0.1) is 11.6 Å². The van der Waals surface area contributed by atoms with Gasteiger partial charge in [-0.3, -0.25) is 4.79 Å². The van der Waals surface area contributed by atoms with Crippen LogP contribution in [0.3, 0.4) is 0 Å². The highest BCUT2D eigenvalue weighted by molar-refractivity contribution is 7.14. The molecule has 104 valence electrons. The number of benzene rings is 1. The Morgan fingerprint density at radius 2 is 2.15 bits per heavy atom. The number of hydrogen-bond donors (Lipinski definition) is 1. The van der Waals surface area contributed by atoms with Crippen molar-refractivity contribution in [3.05, 3.63) is 35.5 Å². The maximum atomic E-state index is 12.9. The van der Waals surface area contributed by atoms with E-state index in [1.807, 2.05) is 10.3 Å². The number of carboxylic acid groups (broad SMARTS) is 1. The van der Waals surface area contributed by atoms with Crippen molar-refractivity contribution in [2.75, 3.05) is 18.0 Å². The van der Waals surface area contributed by atoms with Crippen LogP contribution in [0.1, 0.15) is 6.42 Å². The van der Waals surface area contributed by atoms with Crippen molar-refractivity contribution in [3.63, 3.8) is 0 Å². The molecule has 1 fully saturated rings. The molecule has 2 heterocycles. The minimum atomic E-state index is -0.747. The summed E-state index contributed by atoms with van der Waals surface area (Å²) in [6.07, 6.45) is 0.654. The van der Waals surface area contributed by atoms with E-state index in [1.54, 1.807) is 12.1 Å². The van der Waals surface area contributed by atoms with Crippen LogP contribution in [0.2, 0.25) is 0 Å². The summed E-state index contributed by atoms with van der Waals surface area (Å²) >= 11 is 1.49. The van der Waals surface area contributed by atoms with Gasteiger partial charge in [-0.1, -0.05) is 0 Å². The summed E-state index contributed by atoms with van der Waals surface area (Å²) < 4.78 is 12.9. The van der Waals surface area contributed by atoms with E-state index in [1.165, 1.54) is 23.5 Å². The fourth-order valence-electron chi connectivity index (χ4n) is 2.30. The van der Waals surface area contributed by atoms with Gasteiger partial charge in [0.25, 0.3) is 0 Å². The lowest BCUT2D eigenvalue weighted by Gasteiger charge is -2.13. The standard InChI is InChI=1S/C14H13FN2O2S/c15-11-3-1-9(2-4-11)12-8-20-14(16-12)17-6-5-10(7-17)13(18)19/h1-4,8,10H,5-7H2,(H,18,19). The molecule has 6 heteroatoms. The van der Waals surface area contributed by atoms with Crippen LogP contribution in [0.25, 0.3) is 11.3 Å². The maximum Gasteiger partial charge on any atom is 0.308 e. The Balaban J connectivity index is 1.77. The van der Waals surface area contributed by atoms with E-state index < -0.39 is 5.97 Å². The highest BCUT2D eigenvalue weighted by Gasteiger charge is 2.29. The molecule has 3 rings (SSSR count). The Bertz CT molecular complexity index is 626. The van der Waals surface area contributed by atoms with Crippen molar-refractivity contribution in [2.24, 2.45) is 5.92 Å². The Morgan fingerprint density at radius 3 is 2.80 bits per heavy atom. The lowest BCUT2D eigenvalue weighted by Crippen LogP contribution is -2.22. The molecule has 1 atom stereocenters. The first-order valence-electron chi connectivity index (χ1n) is 6.33. The number of rotatable bonds is 3. The zero-order chi connectivity index (χ0) is 14.1. The number of aliphatic carboxylic acids is 1. The smallest absolute Gasteiger partial charge is 0.308 e. The number of halogens is 1. The Hall–Kier alpha value is -1.95. The summed E-state index contributed by atoms with van der Waals surface area (Å²) in [5.41, 5.74) is 1.66. The molecule has 1 aromatic heterocycles. The van der Waals surface area contributed by atoms with Gasteiger partial charge in [-0.2, -0.15) is 0 Å². The molecule has 1 aliphatic rings. The zero-order valence-corrected chi connectivity index (χ0v) is 11.4. The summed E-state index contributed by atoms with van der Waals surface area (Å²) in [7, 11) is 0. The number of thiazole rings is 1. The largest absolute Gasteiger partial charge is 0.481 e. The minimum Gasteiger partial charge on any atom is -0.481 e. The Morgan fingerprint density at radius 1 is 1.40 bits per heavy atom. The normalized spacial score (nSPS) is 18.4. The number of carboxylic acids is 1. The van der Waals surface area contributed by atoms with E-state index >= 15 is 0 Å². The molecule has 1 aromatic carbocycles. The number of carbonyl (C=O) groups is 1. The summed E-state index contributed by atoms with van der Waals surface area (Å²) in [6.45, 7) is 1.22. The first-order valence-corrected chi connectivity index (χ1v) is 7.20. The molecule has 20 heavy (non-hydrogen) atoms. The topological polar surface area (TPSA) is 53.4 Å².